The van der Waals surface area contributed by atoms with Crippen molar-refractivity contribution in [3.05, 3.63) is 126 Å². The molecule has 0 radical (unpaired) electrons. The lowest BCUT2D eigenvalue weighted by Crippen LogP contribution is -2.48. The molecule has 0 unspecified atom stereocenters. The maximum Gasteiger partial charge on any atom is 0.251 e. The Kier molecular flexibility index (Phi) is 11.1. The number of hydrogen-bond donors (Lipinski definition) is 2. The summed E-state index contributed by atoms with van der Waals surface area (Å²) in [5.74, 6) is 1.01. The summed E-state index contributed by atoms with van der Waals surface area (Å²) in [6.07, 6.45) is 0.280. The van der Waals surface area contributed by atoms with Crippen LogP contribution in [-0.4, -0.2) is 54.9 Å². The molecule has 0 aliphatic rings. The van der Waals surface area contributed by atoms with Gasteiger partial charge in [0.1, 0.15) is 49.8 Å². The molecule has 10 nitrogen and oxygen atoms in total. The molecule has 1 atom stereocenters. The third-order valence-corrected chi connectivity index (χ3v) is 7.03. The van der Waals surface area contributed by atoms with Gasteiger partial charge < -0.3 is 29.6 Å². The maximum atomic E-state index is 13.1. The number of methoxy groups -OCH3 is 1. The monoisotopic (exact) mass is 620 g/mol. The van der Waals surface area contributed by atoms with Crippen LogP contribution in [0, 0.1) is 6.92 Å². The van der Waals surface area contributed by atoms with Crippen molar-refractivity contribution in [1.29, 1.82) is 0 Å². The van der Waals surface area contributed by atoms with E-state index in [-0.39, 0.29) is 38.2 Å². The van der Waals surface area contributed by atoms with Crippen LogP contribution in [0.2, 0.25) is 0 Å². The SMILES string of the molecule is COCNC(=O)[C@H](Cc1ccc(OCc2ccccc2)cc1)NC(=O)c1ccc(OCCOc2nc3ccccc3nc2C)cc1. The van der Waals surface area contributed by atoms with Crippen LogP contribution in [0.15, 0.2) is 103 Å². The zero-order valence-corrected chi connectivity index (χ0v) is 25.8. The first-order valence-electron chi connectivity index (χ1n) is 14.9. The van der Waals surface area contributed by atoms with Crippen molar-refractivity contribution in [2.45, 2.75) is 26.0 Å². The lowest BCUT2D eigenvalue weighted by atomic mass is 10.0. The summed E-state index contributed by atoms with van der Waals surface area (Å²) < 4.78 is 22.4. The van der Waals surface area contributed by atoms with E-state index < -0.39 is 6.04 Å². The number of ether oxygens (including phenoxy) is 4. The molecule has 5 aromatic rings. The topological polar surface area (TPSA) is 121 Å². The highest BCUT2D eigenvalue weighted by molar-refractivity contribution is 5.97. The van der Waals surface area contributed by atoms with E-state index in [1.807, 2.05) is 85.8 Å². The zero-order valence-electron chi connectivity index (χ0n) is 25.8. The van der Waals surface area contributed by atoms with Gasteiger partial charge in [0.15, 0.2) is 0 Å². The summed E-state index contributed by atoms with van der Waals surface area (Å²) in [7, 11) is 1.48. The average molecular weight is 621 g/mol. The van der Waals surface area contributed by atoms with E-state index in [1.165, 1.54) is 7.11 Å². The Bertz CT molecular complexity index is 1730. The zero-order chi connectivity index (χ0) is 32.1. The number of aromatic nitrogens is 2. The second-order valence-electron chi connectivity index (χ2n) is 10.4. The van der Waals surface area contributed by atoms with Gasteiger partial charge in [0.2, 0.25) is 11.8 Å². The molecular weight excluding hydrogens is 584 g/mol. The first kappa shape index (κ1) is 31.9. The van der Waals surface area contributed by atoms with Gasteiger partial charge in [0.05, 0.1) is 11.0 Å². The second kappa shape index (κ2) is 16.0. The number of carbonyl (C=O) groups excluding carboxylic acids is 2. The van der Waals surface area contributed by atoms with E-state index in [0.717, 1.165) is 22.2 Å². The van der Waals surface area contributed by atoms with E-state index in [0.29, 0.717) is 35.2 Å². The van der Waals surface area contributed by atoms with Crippen molar-refractivity contribution >= 4 is 22.8 Å². The van der Waals surface area contributed by atoms with Crippen molar-refractivity contribution < 1.29 is 28.5 Å². The van der Waals surface area contributed by atoms with Gasteiger partial charge in [-0.2, -0.15) is 0 Å². The molecular formula is C36H36N4O6. The number of nitrogens with zero attached hydrogens (tertiary/aromatic N) is 2. The summed E-state index contributed by atoms with van der Waals surface area (Å²) in [4.78, 5) is 35.1. The van der Waals surface area contributed by atoms with Gasteiger partial charge in [-0.05, 0) is 66.6 Å². The molecule has 0 fully saturated rings. The molecule has 0 bridgehead atoms. The number of rotatable bonds is 15. The fourth-order valence-corrected chi connectivity index (χ4v) is 4.62. The van der Waals surface area contributed by atoms with Gasteiger partial charge in [-0.15, -0.1) is 0 Å². The Hall–Kier alpha value is -5.48. The number of fused-ring (bicyclic) bond motifs is 1. The van der Waals surface area contributed by atoms with Gasteiger partial charge in [0, 0.05) is 19.1 Å². The lowest BCUT2D eigenvalue weighted by Gasteiger charge is -2.19. The third kappa shape index (κ3) is 9.02. The van der Waals surface area contributed by atoms with E-state index in [9.17, 15) is 9.59 Å². The number of nitrogens with one attached hydrogen (secondary N) is 2. The fourth-order valence-electron chi connectivity index (χ4n) is 4.62. The van der Waals surface area contributed by atoms with Crippen molar-refractivity contribution in [3.8, 4) is 17.4 Å². The Morgan fingerprint density at radius 2 is 1.35 bits per heavy atom. The first-order valence-corrected chi connectivity index (χ1v) is 14.9. The Balaban J connectivity index is 1.13. The minimum atomic E-state index is -0.825. The fraction of sp³-hybridized carbons (Fsp3) is 0.222. The summed E-state index contributed by atoms with van der Waals surface area (Å²) >= 11 is 0. The summed E-state index contributed by atoms with van der Waals surface area (Å²) in [5, 5.41) is 5.53. The van der Waals surface area contributed by atoms with Gasteiger partial charge >= 0.3 is 0 Å². The normalized spacial score (nSPS) is 11.4. The Morgan fingerprint density at radius 1 is 0.717 bits per heavy atom. The number of amides is 2. The molecule has 46 heavy (non-hydrogen) atoms. The average Bonchev–Trinajstić information content (AvgIpc) is 3.09. The molecule has 10 heteroatoms. The molecule has 1 aromatic heterocycles. The van der Waals surface area contributed by atoms with Crippen molar-refractivity contribution in [2.24, 2.45) is 0 Å². The van der Waals surface area contributed by atoms with Crippen LogP contribution < -0.4 is 24.8 Å². The molecule has 0 spiro atoms. The highest BCUT2D eigenvalue weighted by Gasteiger charge is 2.22. The predicted molar refractivity (Wildman–Crippen MR) is 174 cm³/mol. The minimum absolute atomic E-state index is 0.0280. The van der Waals surface area contributed by atoms with Crippen LogP contribution in [0.25, 0.3) is 11.0 Å². The third-order valence-electron chi connectivity index (χ3n) is 7.03. The lowest BCUT2D eigenvalue weighted by molar-refractivity contribution is -0.124. The molecule has 0 saturated heterocycles. The highest BCUT2D eigenvalue weighted by Crippen LogP contribution is 2.19. The standard InChI is InChI=1S/C36H36N4O6/c1-25-36(40-32-11-7-6-10-31(32)38-25)45-21-20-44-29-18-14-28(15-19-29)34(41)39-33(35(42)37-24-43-2)22-26-12-16-30(17-13-26)46-23-27-8-4-3-5-9-27/h3-19,33H,20-24H2,1-2H3,(H,37,42)(H,39,41)/t33-/m0/s1. The quantitative estimate of drug-likeness (QED) is 0.123. The molecule has 2 amide bonds. The van der Waals surface area contributed by atoms with Crippen LogP contribution in [0.4, 0.5) is 0 Å². The van der Waals surface area contributed by atoms with E-state index in [2.05, 4.69) is 20.6 Å². The Morgan fingerprint density at radius 3 is 2.07 bits per heavy atom. The first-order chi connectivity index (χ1) is 22.5. The smallest absolute Gasteiger partial charge is 0.251 e. The van der Waals surface area contributed by atoms with Gasteiger partial charge in [0.25, 0.3) is 5.91 Å². The minimum Gasteiger partial charge on any atom is -0.490 e. The second-order valence-corrected chi connectivity index (χ2v) is 10.4. The van der Waals surface area contributed by atoms with Crippen molar-refractivity contribution in [1.82, 2.24) is 20.6 Å². The number of aryl methyl sites for hydroxylation is 1. The predicted octanol–water partition coefficient (Wildman–Crippen LogP) is 5.04. The summed E-state index contributed by atoms with van der Waals surface area (Å²) in [5.41, 5.74) is 4.60. The van der Waals surface area contributed by atoms with Gasteiger partial charge in [-0.1, -0.05) is 54.6 Å². The van der Waals surface area contributed by atoms with Crippen LogP contribution in [0.5, 0.6) is 17.4 Å². The van der Waals surface area contributed by atoms with Crippen LogP contribution >= 0.6 is 0 Å². The van der Waals surface area contributed by atoms with Gasteiger partial charge in [-0.25, -0.2) is 9.97 Å². The highest BCUT2D eigenvalue weighted by atomic mass is 16.5. The van der Waals surface area contributed by atoms with Crippen molar-refractivity contribution in [3.63, 3.8) is 0 Å². The summed E-state index contributed by atoms with van der Waals surface area (Å²) in [6.45, 7) is 2.88. The van der Waals surface area contributed by atoms with E-state index >= 15 is 0 Å². The number of benzene rings is 4. The van der Waals surface area contributed by atoms with Crippen LogP contribution in [0.3, 0.4) is 0 Å². The molecule has 2 N–H and O–H groups in total. The molecule has 4 aromatic carbocycles. The molecule has 5 rings (SSSR count). The molecule has 0 aliphatic heterocycles. The molecule has 0 saturated carbocycles. The van der Waals surface area contributed by atoms with E-state index in [4.69, 9.17) is 18.9 Å². The van der Waals surface area contributed by atoms with Crippen LogP contribution in [-0.2, 0) is 22.6 Å². The van der Waals surface area contributed by atoms with Crippen LogP contribution in [0.1, 0.15) is 27.2 Å². The van der Waals surface area contributed by atoms with Gasteiger partial charge in [-0.3, -0.25) is 9.59 Å². The molecule has 236 valence electrons. The largest absolute Gasteiger partial charge is 0.490 e. The molecule has 1 heterocycles. The maximum absolute atomic E-state index is 13.1. The molecule has 0 aliphatic carbocycles. The summed E-state index contributed by atoms with van der Waals surface area (Å²) in [6, 6.07) is 30.8. The number of para-hydroxylation sites is 2. The van der Waals surface area contributed by atoms with Crippen molar-refractivity contribution in [2.75, 3.05) is 27.1 Å². The van der Waals surface area contributed by atoms with E-state index in [1.54, 1.807) is 24.3 Å². The number of hydrogen-bond acceptors (Lipinski definition) is 8. The number of carbonyl (C=O) groups is 2. The Labute approximate surface area is 267 Å².